The highest BCUT2D eigenvalue weighted by Crippen LogP contribution is 2.43. The van der Waals surface area contributed by atoms with Crippen molar-refractivity contribution in [2.24, 2.45) is 12.8 Å². The summed E-state index contributed by atoms with van der Waals surface area (Å²) in [4.78, 5) is 29.5. The second-order valence-corrected chi connectivity index (χ2v) is 8.48. The van der Waals surface area contributed by atoms with E-state index >= 15 is 0 Å². The lowest BCUT2D eigenvalue weighted by Gasteiger charge is -2.10. The Kier molecular flexibility index (Phi) is 5.70. The van der Waals surface area contributed by atoms with Crippen molar-refractivity contribution in [1.82, 2.24) is 24.5 Å². The molecular weight excluding hydrogens is 452 g/mol. The molecule has 9 nitrogen and oxygen atoms in total. The number of hydrogen-bond acceptors (Lipinski definition) is 6. The summed E-state index contributed by atoms with van der Waals surface area (Å²) >= 11 is 0.856. The van der Waals surface area contributed by atoms with Crippen LogP contribution in [-0.2, 0) is 13.6 Å². The first-order chi connectivity index (χ1) is 15.6. The van der Waals surface area contributed by atoms with E-state index in [1.54, 1.807) is 38.0 Å². The van der Waals surface area contributed by atoms with Gasteiger partial charge in [-0.25, -0.2) is 13.8 Å². The van der Waals surface area contributed by atoms with E-state index in [1.165, 1.54) is 10.7 Å². The van der Waals surface area contributed by atoms with E-state index in [-0.39, 0.29) is 15.4 Å². The summed E-state index contributed by atoms with van der Waals surface area (Å²) in [7, 11) is 1.68. The standard InChI is InChI=1S/C21H21F2N7O2S/c1-5-30-8-12(9(2)28-30)11-6-14(18(22)23)25-21-15(11)16(17(33-21)19(24)31)26-20(32)13-7-29(4)27-10(13)3/h6-8,18H,5H2,1-4H3,(H2,24,31)(H,26,32). The zero-order chi connectivity index (χ0) is 24.0. The molecule has 0 aromatic carbocycles. The highest BCUT2D eigenvalue weighted by atomic mass is 32.1. The number of thiophene rings is 1. The van der Waals surface area contributed by atoms with Crippen LogP contribution in [0.15, 0.2) is 18.5 Å². The molecule has 2 amide bonds. The maximum absolute atomic E-state index is 13.7. The number of pyridine rings is 1. The van der Waals surface area contributed by atoms with Crippen molar-refractivity contribution < 1.29 is 18.4 Å². The zero-order valence-electron chi connectivity index (χ0n) is 18.3. The summed E-state index contributed by atoms with van der Waals surface area (Å²) < 4.78 is 30.5. The van der Waals surface area contributed by atoms with Crippen LogP contribution in [0.4, 0.5) is 14.5 Å². The van der Waals surface area contributed by atoms with Crippen molar-refractivity contribution in [1.29, 1.82) is 0 Å². The maximum Gasteiger partial charge on any atom is 0.280 e. The van der Waals surface area contributed by atoms with Crippen LogP contribution in [0.25, 0.3) is 21.3 Å². The van der Waals surface area contributed by atoms with Crippen LogP contribution in [0.1, 0.15) is 50.5 Å². The van der Waals surface area contributed by atoms with Crippen LogP contribution in [0.3, 0.4) is 0 Å². The highest BCUT2D eigenvalue weighted by Gasteiger charge is 2.27. The lowest BCUT2D eigenvalue weighted by atomic mass is 10.0. The van der Waals surface area contributed by atoms with Gasteiger partial charge >= 0.3 is 0 Å². The molecule has 3 N–H and O–H groups in total. The van der Waals surface area contributed by atoms with E-state index in [9.17, 15) is 18.4 Å². The number of carbonyl (C=O) groups excluding carboxylic acids is 2. The number of nitrogens with two attached hydrogens (primary N) is 1. The topological polar surface area (TPSA) is 121 Å². The second-order valence-electron chi connectivity index (χ2n) is 7.49. The van der Waals surface area contributed by atoms with Crippen LogP contribution >= 0.6 is 11.3 Å². The molecule has 33 heavy (non-hydrogen) atoms. The molecule has 4 heterocycles. The fourth-order valence-corrected chi connectivity index (χ4v) is 4.70. The van der Waals surface area contributed by atoms with Gasteiger partial charge in [0.2, 0.25) is 0 Å². The largest absolute Gasteiger partial charge is 0.365 e. The van der Waals surface area contributed by atoms with E-state index in [2.05, 4.69) is 20.5 Å². The molecule has 4 rings (SSSR count). The number of fused-ring (bicyclic) bond motifs is 1. The first kappa shape index (κ1) is 22.5. The third kappa shape index (κ3) is 3.97. The van der Waals surface area contributed by atoms with Crippen molar-refractivity contribution in [2.45, 2.75) is 33.7 Å². The van der Waals surface area contributed by atoms with Gasteiger partial charge in [-0.05, 0) is 32.4 Å². The van der Waals surface area contributed by atoms with Gasteiger partial charge in [-0.1, -0.05) is 0 Å². The van der Waals surface area contributed by atoms with Gasteiger partial charge in [0.05, 0.1) is 22.6 Å². The van der Waals surface area contributed by atoms with Gasteiger partial charge in [-0.15, -0.1) is 11.3 Å². The van der Waals surface area contributed by atoms with Crippen molar-refractivity contribution >= 4 is 39.1 Å². The minimum absolute atomic E-state index is 0.0144. The molecule has 0 unspecified atom stereocenters. The number of aryl methyl sites for hydroxylation is 4. The Hall–Kier alpha value is -3.67. The molecule has 12 heteroatoms. The lowest BCUT2D eigenvalue weighted by Crippen LogP contribution is -2.17. The van der Waals surface area contributed by atoms with Crippen LogP contribution in [0, 0.1) is 13.8 Å². The quantitative estimate of drug-likeness (QED) is 0.441. The fourth-order valence-electron chi connectivity index (χ4n) is 3.68. The Bertz CT molecular complexity index is 1400. The third-order valence-electron chi connectivity index (χ3n) is 5.19. The molecule has 0 aliphatic rings. The SMILES string of the molecule is CCn1cc(-c2cc(C(F)F)nc3sc(C(N)=O)c(NC(=O)c4cn(C)nc4C)c23)c(C)n1. The highest BCUT2D eigenvalue weighted by molar-refractivity contribution is 7.21. The van der Waals surface area contributed by atoms with Crippen LogP contribution in [-0.4, -0.2) is 36.4 Å². The third-order valence-corrected chi connectivity index (χ3v) is 6.28. The summed E-state index contributed by atoms with van der Waals surface area (Å²) in [6, 6.07) is 1.26. The molecule has 0 radical (unpaired) electrons. The number of aromatic nitrogens is 5. The summed E-state index contributed by atoms with van der Waals surface area (Å²) in [5.41, 5.74) is 7.65. The van der Waals surface area contributed by atoms with Gasteiger partial charge in [0.15, 0.2) is 0 Å². The van der Waals surface area contributed by atoms with Crippen LogP contribution < -0.4 is 11.1 Å². The van der Waals surface area contributed by atoms with E-state index in [4.69, 9.17) is 5.73 Å². The summed E-state index contributed by atoms with van der Waals surface area (Å²) in [5.74, 6) is -1.31. The molecule has 0 aliphatic heterocycles. The average Bonchev–Trinajstić information content (AvgIpc) is 3.41. The van der Waals surface area contributed by atoms with Crippen LogP contribution in [0.2, 0.25) is 0 Å². The van der Waals surface area contributed by atoms with Crippen molar-refractivity contribution in [3.8, 4) is 11.1 Å². The van der Waals surface area contributed by atoms with Gasteiger partial charge in [0.1, 0.15) is 15.4 Å². The molecule has 0 aliphatic carbocycles. The molecule has 0 saturated heterocycles. The average molecular weight is 474 g/mol. The second kappa shape index (κ2) is 8.35. The van der Waals surface area contributed by atoms with E-state index in [1.807, 2.05) is 6.92 Å². The lowest BCUT2D eigenvalue weighted by molar-refractivity contribution is 0.100. The predicted molar refractivity (Wildman–Crippen MR) is 121 cm³/mol. The van der Waals surface area contributed by atoms with Crippen molar-refractivity contribution in [3.05, 3.63) is 46.0 Å². The number of hydrogen-bond donors (Lipinski definition) is 2. The molecule has 0 fully saturated rings. The summed E-state index contributed by atoms with van der Waals surface area (Å²) in [5, 5.41) is 11.7. The number of amides is 2. The minimum atomic E-state index is -2.83. The molecule has 172 valence electrons. The van der Waals surface area contributed by atoms with E-state index in [0.29, 0.717) is 40.0 Å². The Balaban J connectivity index is 1.99. The fraction of sp³-hybridized carbons (Fsp3) is 0.286. The Morgan fingerprint density at radius 2 is 1.91 bits per heavy atom. The van der Waals surface area contributed by atoms with E-state index < -0.39 is 23.9 Å². The van der Waals surface area contributed by atoms with Gasteiger partial charge in [-0.3, -0.25) is 19.0 Å². The van der Waals surface area contributed by atoms with Gasteiger partial charge in [0, 0.05) is 36.9 Å². The van der Waals surface area contributed by atoms with Crippen molar-refractivity contribution in [2.75, 3.05) is 5.32 Å². The number of nitrogens with one attached hydrogen (secondary N) is 1. The first-order valence-corrected chi connectivity index (χ1v) is 10.8. The van der Waals surface area contributed by atoms with E-state index in [0.717, 1.165) is 11.3 Å². The number of alkyl halides is 2. The molecule has 0 spiro atoms. The number of rotatable bonds is 6. The monoisotopic (exact) mass is 473 g/mol. The number of carbonyl (C=O) groups is 2. The minimum Gasteiger partial charge on any atom is -0.365 e. The predicted octanol–water partition coefficient (Wildman–Crippen LogP) is 3.82. The Morgan fingerprint density at radius 1 is 1.18 bits per heavy atom. The number of primary amides is 1. The van der Waals surface area contributed by atoms with Gasteiger partial charge in [-0.2, -0.15) is 10.2 Å². The Labute approximate surface area is 191 Å². The number of anilines is 1. The molecule has 4 aromatic heterocycles. The number of nitrogens with zero attached hydrogens (tertiary/aromatic N) is 5. The molecule has 0 atom stereocenters. The zero-order valence-corrected chi connectivity index (χ0v) is 19.1. The molecular formula is C21H21F2N7O2S. The first-order valence-electron chi connectivity index (χ1n) is 10.0. The Morgan fingerprint density at radius 3 is 2.45 bits per heavy atom. The molecule has 4 aromatic rings. The normalized spacial score (nSPS) is 11.5. The summed E-state index contributed by atoms with van der Waals surface area (Å²) in [6.45, 7) is 5.92. The van der Waals surface area contributed by atoms with Gasteiger partial charge in [0.25, 0.3) is 18.2 Å². The van der Waals surface area contributed by atoms with Crippen LogP contribution in [0.5, 0.6) is 0 Å². The molecule has 0 saturated carbocycles. The maximum atomic E-state index is 13.7. The summed E-state index contributed by atoms with van der Waals surface area (Å²) in [6.07, 6.45) is 0.453. The van der Waals surface area contributed by atoms with Gasteiger partial charge < -0.3 is 11.1 Å². The van der Waals surface area contributed by atoms with Crippen molar-refractivity contribution in [3.63, 3.8) is 0 Å². The smallest absolute Gasteiger partial charge is 0.280 e. The number of halogens is 2. The molecule has 0 bridgehead atoms.